The molecule has 2 aliphatic rings. The highest BCUT2D eigenvalue weighted by molar-refractivity contribution is 5.96. The third-order valence-corrected chi connectivity index (χ3v) is 5.18. The topological polar surface area (TPSA) is 78.7 Å². The summed E-state index contributed by atoms with van der Waals surface area (Å²) in [6.45, 7) is 7.93. The van der Waals surface area contributed by atoms with Gasteiger partial charge in [-0.1, -0.05) is 6.92 Å². The van der Waals surface area contributed by atoms with Gasteiger partial charge in [0.1, 0.15) is 5.69 Å². The first kappa shape index (κ1) is 17.7. The van der Waals surface area contributed by atoms with Crippen LogP contribution in [0.5, 0.6) is 0 Å². The first-order valence-corrected chi connectivity index (χ1v) is 9.02. The van der Waals surface area contributed by atoms with Crippen LogP contribution >= 0.6 is 0 Å². The number of amides is 1. The molecule has 25 heavy (non-hydrogen) atoms. The lowest BCUT2D eigenvalue weighted by Gasteiger charge is -2.34. The van der Waals surface area contributed by atoms with E-state index >= 15 is 0 Å². The van der Waals surface area contributed by atoms with Crippen molar-refractivity contribution in [2.24, 2.45) is 5.92 Å². The van der Waals surface area contributed by atoms with Crippen molar-refractivity contribution in [3.63, 3.8) is 0 Å². The summed E-state index contributed by atoms with van der Waals surface area (Å²) in [7, 11) is 0. The fourth-order valence-electron chi connectivity index (χ4n) is 3.79. The van der Waals surface area contributed by atoms with Gasteiger partial charge in [-0.3, -0.25) is 14.9 Å². The molecule has 0 aliphatic carbocycles. The molecule has 0 spiro atoms. The molecular weight excluding hydrogens is 320 g/mol. The summed E-state index contributed by atoms with van der Waals surface area (Å²) in [6.07, 6.45) is 2.19. The van der Waals surface area contributed by atoms with E-state index in [1.807, 2.05) is 6.92 Å². The van der Waals surface area contributed by atoms with Crippen molar-refractivity contribution >= 4 is 17.3 Å². The van der Waals surface area contributed by atoms with Crippen LogP contribution in [0.15, 0.2) is 18.2 Å². The third-order valence-electron chi connectivity index (χ3n) is 5.18. The molecule has 136 valence electrons. The second-order valence-electron chi connectivity index (χ2n) is 7.21. The zero-order chi connectivity index (χ0) is 18.0. The minimum atomic E-state index is -0.368. The van der Waals surface area contributed by atoms with Crippen molar-refractivity contribution in [3.8, 4) is 0 Å². The number of benzene rings is 1. The van der Waals surface area contributed by atoms with Gasteiger partial charge in [0, 0.05) is 50.4 Å². The Kier molecular flexibility index (Phi) is 5.22. The van der Waals surface area contributed by atoms with Crippen LogP contribution in [0.3, 0.4) is 0 Å². The van der Waals surface area contributed by atoms with Gasteiger partial charge in [0.2, 0.25) is 0 Å². The molecule has 2 fully saturated rings. The normalized spacial score (nSPS) is 24.2. The van der Waals surface area contributed by atoms with Crippen LogP contribution in [0, 0.1) is 16.0 Å². The van der Waals surface area contributed by atoms with Gasteiger partial charge in [0.15, 0.2) is 0 Å². The minimum Gasteiger partial charge on any atom is -0.366 e. The van der Waals surface area contributed by atoms with Gasteiger partial charge in [-0.05, 0) is 37.8 Å². The number of piperidine rings is 1. The summed E-state index contributed by atoms with van der Waals surface area (Å²) in [6, 6.07) is 5.02. The highest BCUT2D eigenvalue weighted by atomic mass is 16.6. The van der Waals surface area contributed by atoms with Gasteiger partial charge in [0.25, 0.3) is 11.6 Å². The molecule has 0 radical (unpaired) electrons. The molecule has 1 unspecified atom stereocenters. The van der Waals surface area contributed by atoms with Gasteiger partial charge in [-0.25, -0.2) is 0 Å². The number of hydrogen-bond donors (Lipinski definition) is 1. The molecule has 0 aromatic heterocycles. The lowest BCUT2D eigenvalue weighted by molar-refractivity contribution is -0.384. The lowest BCUT2D eigenvalue weighted by atomic mass is 9.99. The Morgan fingerprint density at radius 3 is 2.80 bits per heavy atom. The van der Waals surface area contributed by atoms with Crippen LogP contribution in [0.25, 0.3) is 0 Å². The molecule has 2 atom stereocenters. The molecule has 0 saturated carbocycles. The zero-order valence-corrected chi connectivity index (χ0v) is 14.9. The SMILES string of the molecule is CC1CCCN(c2ccc(C(=O)N3CCNC[C@@H]3C)cc2[N+](=O)[O-])C1. The number of nitro benzene ring substituents is 1. The van der Waals surface area contributed by atoms with E-state index in [9.17, 15) is 14.9 Å². The molecule has 1 N–H and O–H groups in total. The van der Waals surface area contributed by atoms with E-state index in [4.69, 9.17) is 0 Å². The fourth-order valence-corrected chi connectivity index (χ4v) is 3.79. The highest BCUT2D eigenvalue weighted by Gasteiger charge is 2.28. The maximum atomic E-state index is 12.8. The number of nitrogens with zero attached hydrogens (tertiary/aromatic N) is 3. The quantitative estimate of drug-likeness (QED) is 0.671. The zero-order valence-electron chi connectivity index (χ0n) is 14.9. The average molecular weight is 346 g/mol. The lowest BCUT2D eigenvalue weighted by Crippen LogP contribution is -2.52. The largest absolute Gasteiger partial charge is 0.366 e. The summed E-state index contributed by atoms with van der Waals surface area (Å²) in [4.78, 5) is 27.9. The van der Waals surface area contributed by atoms with Crippen LogP contribution in [-0.2, 0) is 0 Å². The molecule has 3 rings (SSSR count). The average Bonchev–Trinajstić information content (AvgIpc) is 2.61. The molecule has 1 aromatic carbocycles. The molecule has 1 aromatic rings. The number of nitrogens with one attached hydrogen (secondary N) is 1. The number of rotatable bonds is 3. The monoisotopic (exact) mass is 346 g/mol. The van der Waals surface area contributed by atoms with E-state index in [-0.39, 0.29) is 22.6 Å². The Morgan fingerprint density at radius 2 is 2.12 bits per heavy atom. The van der Waals surface area contributed by atoms with Crippen molar-refractivity contribution in [2.75, 3.05) is 37.6 Å². The van der Waals surface area contributed by atoms with Gasteiger partial charge in [-0.15, -0.1) is 0 Å². The molecular formula is C18H26N4O3. The Bertz CT molecular complexity index is 664. The number of hydrogen-bond acceptors (Lipinski definition) is 5. The van der Waals surface area contributed by atoms with Crippen LogP contribution in [0.2, 0.25) is 0 Å². The van der Waals surface area contributed by atoms with Crippen LogP contribution in [-0.4, -0.2) is 54.5 Å². The Labute approximate surface area is 148 Å². The van der Waals surface area contributed by atoms with E-state index in [1.54, 1.807) is 17.0 Å². The number of carbonyl (C=O) groups is 1. The summed E-state index contributed by atoms with van der Waals surface area (Å²) in [5, 5.41) is 14.9. The van der Waals surface area contributed by atoms with Crippen molar-refractivity contribution in [2.45, 2.75) is 32.7 Å². The van der Waals surface area contributed by atoms with E-state index < -0.39 is 0 Å². The molecule has 1 amide bonds. The summed E-state index contributed by atoms with van der Waals surface area (Å²) < 4.78 is 0. The number of piperazine rings is 1. The maximum Gasteiger partial charge on any atom is 0.293 e. The molecule has 2 aliphatic heterocycles. The maximum absolute atomic E-state index is 12.8. The number of carbonyl (C=O) groups excluding carboxylic acids is 1. The summed E-state index contributed by atoms with van der Waals surface area (Å²) in [5.74, 6) is 0.395. The first-order valence-electron chi connectivity index (χ1n) is 9.02. The van der Waals surface area contributed by atoms with E-state index in [0.717, 1.165) is 39.0 Å². The third kappa shape index (κ3) is 3.76. The van der Waals surface area contributed by atoms with E-state index in [0.29, 0.717) is 23.7 Å². The fraction of sp³-hybridized carbons (Fsp3) is 0.611. The van der Waals surface area contributed by atoms with Gasteiger partial charge in [-0.2, -0.15) is 0 Å². The predicted molar refractivity (Wildman–Crippen MR) is 97.1 cm³/mol. The Morgan fingerprint density at radius 1 is 1.32 bits per heavy atom. The standard InChI is InChI=1S/C18H26N4O3/c1-13-4-3-8-20(12-13)16-6-5-15(10-17(16)22(24)25)18(23)21-9-7-19-11-14(21)2/h5-6,10,13-14,19H,3-4,7-9,11-12H2,1-2H3/t13?,14-/m0/s1. The van der Waals surface area contributed by atoms with Gasteiger partial charge < -0.3 is 15.1 Å². The predicted octanol–water partition coefficient (Wildman–Crippen LogP) is 2.27. The molecule has 2 saturated heterocycles. The molecule has 7 heteroatoms. The molecule has 7 nitrogen and oxygen atoms in total. The Balaban J connectivity index is 1.88. The van der Waals surface area contributed by atoms with Crippen LogP contribution in [0.1, 0.15) is 37.0 Å². The Hall–Kier alpha value is -2.15. The van der Waals surface area contributed by atoms with E-state index in [2.05, 4.69) is 17.1 Å². The van der Waals surface area contributed by atoms with Gasteiger partial charge in [0.05, 0.1) is 4.92 Å². The number of nitro groups is 1. The second kappa shape index (κ2) is 7.39. The first-order chi connectivity index (χ1) is 12.0. The summed E-state index contributed by atoms with van der Waals surface area (Å²) in [5.41, 5.74) is 1.05. The highest BCUT2D eigenvalue weighted by Crippen LogP contribution is 2.32. The van der Waals surface area contributed by atoms with Crippen LogP contribution < -0.4 is 10.2 Å². The van der Waals surface area contributed by atoms with E-state index in [1.165, 1.54) is 6.07 Å². The smallest absolute Gasteiger partial charge is 0.293 e. The molecule has 0 bridgehead atoms. The van der Waals surface area contributed by atoms with Crippen LogP contribution in [0.4, 0.5) is 11.4 Å². The van der Waals surface area contributed by atoms with Crippen molar-refractivity contribution in [3.05, 3.63) is 33.9 Å². The van der Waals surface area contributed by atoms with Gasteiger partial charge >= 0.3 is 0 Å². The van der Waals surface area contributed by atoms with Crippen molar-refractivity contribution < 1.29 is 9.72 Å². The second-order valence-corrected chi connectivity index (χ2v) is 7.21. The van der Waals surface area contributed by atoms with Crippen molar-refractivity contribution in [1.29, 1.82) is 0 Å². The number of anilines is 1. The minimum absolute atomic E-state index is 0.0303. The van der Waals surface area contributed by atoms with Crippen molar-refractivity contribution in [1.82, 2.24) is 10.2 Å². The molecule has 2 heterocycles. The summed E-state index contributed by atoms with van der Waals surface area (Å²) >= 11 is 0.